The van der Waals surface area contributed by atoms with E-state index in [1.807, 2.05) is 13.0 Å². The fourth-order valence-corrected chi connectivity index (χ4v) is 2.50. The maximum absolute atomic E-state index is 12.2. The Balaban J connectivity index is 4.20. The van der Waals surface area contributed by atoms with Gasteiger partial charge in [0.15, 0.2) is 5.60 Å². The number of carbonyl (C=O) groups excluding carboxylic acids is 1. The first-order valence-electron chi connectivity index (χ1n) is 9.16. The summed E-state index contributed by atoms with van der Waals surface area (Å²) in [4.78, 5) is 12.2. The van der Waals surface area contributed by atoms with Crippen LogP contribution in [0.2, 0.25) is 0 Å². The van der Waals surface area contributed by atoms with Gasteiger partial charge in [0.1, 0.15) is 0 Å². The van der Waals surface area contributed by atoms with Crippen molar-refractivity contribution in [2.75, 3.05) is 13.2 Å². The van der Waals surface area contributed by atoms with Crippen molar-refractivity contribution in [2.24, 2.45) is 5.92 Å². The Bertz CT molecular complexity index is 389. The zero-order valence-electron chi connectivity index (χ0n) is 15.7. The van der Waals surface area contributed by atoms with Crippen LogP contribution in [0.1, 0.15) is 72.1 Å². The number of allylic oxidation sites excluding steroid dienone is 1. The Morgan fingerprint density at radius 1 is 1.33 bits per heavy atom. The van der Waals surface area contributed by atoms with E-state index >= 15 is 0 Å². The number of rotatable bonds is 14. The standard InChI is InChI=1S/C20H36O4/c1-5-7-8-14-20(23,13-6-2)19(22)24-15-12-17(3)10-9-11-18(4)16-21/h6,11,17,21,23H,2,5,7-10,12-16H2,1,3-4H3/b18-11-. The minimum atomic E-state index is -1.43. The van der Waals surface area contributed by atoms with Gasteiger partial charge in [-0.15, -0.1) is 6.58 Å². The monoisotopic (exact) mass is 340 g/mol. The second-order valence-electron chi connectivity index (χ2n) is 6.80. The zero-order valence-corrected chi connectivity index (χ0v) is 15.7. The molecule has 0 saturated heterocycles. The molecule has 0 aromatic carbocycles. The van der Waals surface area contributed by atoms with Crippen molar-refractivity contribution in [1.82, 2.24) is 0 Å². The van der Waals surface area contributed by atoms with E-state index in [-0.39, 0.29) is 13.0 Å². The van der Waals surface area contributed by atoms with Crippen LogP contribution in [-0.4, -0.2) is 35.0 Å². The molecule has 0 heterocycles. The van der Waals surface area contributed by atoms with Gasteiger partial charge >= 0.3 is 5.97 Å². The SMILES string of the molecule is C=CCC(O)(CCCCC)C(=O)OCCC(C)CC/C=C(/C)CO. The van der Waals surface area contributed by atoms with Crippen LogP contribution in [0.15, 0.2) is 24.3 Å². The lowest BCUT2D eigenvalue weighted by Crippen LogP contribution is -2.40. The van der Waals surface area contributed by atoms with Crippen LogP contribution in [-0.2, 0) is 9.53 Å². The molecule has 4 nitrogen and oxygen atoms in total. The molecule has 0 spiro atoms. The Kier molecular flexibility index (Phi) is 12.6. The Morgan fingerprint density at radius 2 is 2.04 bits per heavy atom. The summed E-state index contributed by atoms with van der Waals surface area (Å²) in [6.07, 6.45) is 9.79. The maximum atomic E-state index is 12.2. The molecule has 24 heavy (non-hydrogen) atoms. The number of ether oxygens (including phenoxy) is 1. The molecule has 2 unspecified atom stereocenters. The van der Waals surface area contributed by atoms with Gasteiger partial charge in [-0.05, 0) is 44.9 Å². The van der Waals surface area contributed by atoms with Gasteiger partial charge in [-0.3, -0.25) is 0 Å². The van der Waals surface area contributed by atoms with E-state index in [2.05, 4.69) is 20.4 Å². The second-order valence-corrected chi connectivity index (χ2v) is 6.80. The summed E-state index contributed by atoms with van der Waals surface area (Å²) in [5.41, 5.74) is -0.448. The number of unbranched alkanes of at least 4 members (excludes halogenated alkanes) is 2. The summed E-state index contributed by atoms with van der Waals surface area (Å²) < 4.78 is 5.32. The van der Waals surface area contributed by atoms with Crippen LogP contribution >= 0.6 is 0 Å². The Labute approximate surface area is 147 Å². The van der Waals surface area contributed by atoms with E-state index in [0.29, 0.717) is 18.9 Å². The predicted molar refractivity (Wildman–Crippen MR) is 98.7 cm³/mol. The van der Waals surface area contributed by atoms with Crippen molar-refractivity contribution in [1.29, 1.82) is 0 Å². The van der Waals surface area contributed by atoms with Crippen LogP contribution in [0.4, 0.5) is 0 Å². The molecule has 0 fully saturated rings. The molecule has 0 saturated carbocycles. The third kappa shape index (κ3) is 9.89. The van der Waals surface area contributed by atoms with Crippen molar-refractivity contribution in [3.8, 4) is 0 Å². The number of hydrogen-bond donors (Lipinski definition) is 2. The van der Waals surface area contributed by atoms with Crippen LogP contribution in [0.5, 0.6) is 0 Å². The van der Waals surface area contributed by atoms with Gasteiger partial charge in [0.2, 0.25) is 0 Å². The van der Waals surface area contributed by atoms with Gasteiger partial charge in [0.25, 0.3) is 0 Å². The van der Waals surface area contributed by atoms with Gasteiger partial charge in [0, 0.05) is 6.42 Å². The van der Waals surface area contributed by atoms with Crippen molar-refractivity contribution < 1.29 is 19.7 Å². The molecular formula is C20H36O4. The molecule has 0 rings (SSSR count). The fourth-order valence-electron chi connectivity index (χ4n) is 2.50. The summed E-state index contributed by atoms with van der Waals surface area (Å²) in [6.45, 7) is 10.2. The number of esters is 1. The van der Waals surface area contributed by atoms with Crippen LogP contribution in [0.3, 0.4) is 0 Å². The molecule has 0 aliphatic carbocycles. The number of carbonyl (C=O) groups is 1. The molecule has 0 radical (unpaired) electrons. The molecule has 0 amide bonds. The van der Waals surface area contributed by atoms with Crippen molar-refractivity contribution in [3.05, 3.63) is 24.3 Å². The van der Waals surface area contributed by atoms with Crippen molar-refractivity contribution in [3.63, 3.8) is 0 Å². The number of hydrogen-bond acceptors (Lipinski definition) is 4. The average molecular weight is 341 g/mol. The van der Waals surface area contributed by atoms with Crippen LogP contribution in [0.25, 0.3) is 0 Å². The third-order valence-corrected chi connectivity index (χ3v) is 4.30. The van der Waals surface area contributed by atoms with Gasteiger partial charge in [0.05, 0.1) is 13.2 Å². The molecule has 0 aliphatic heterocycles. The molecule has 4 heteroatoms. The highest BCUT2D eigenvalue weighted by atomic mass is 16.5. The van der Waals surface area contributed by atoms with E-state index in [9.17, 15) is 9.90 Å². The van der Waals surface area contributed by atoms with Gasteiger partial charge in [-0.1, -0.05) is 44.4 Å². The van der Waals surface area contributed by atoms with Gasteiger partial charge in [-0.25, -0.2) is 4.79 Å². The average Bonchev–Trinajstić information content (AvgIpc) is 2.55. The minimum absolute atomic E-state index is 0.103. The molecule has 2 atom stereocenters. The lowest BCUT2D eigenvalue weighted by Gasteiger charge is -2.25. The summed E-state index contributed by atoms with van der Waals surface area (Å²) in [5, 5.41) is 19.5. The van der Waals surface area contributed by atoms with E-state index in [4.69, 9.17) is 9.84 Å². The molecule has 0 aromatic rings. The van der Waals surface area contributed by atoms with Crippen LogP contribution in [0, 0.1) is 5.92 Å². The largest absolute Gasteiger partial charge is 0.464 e. The Morgan fingerprint density at radius 3 is 2.62 bits per heavy atom. The van der Waals surface area contributed by atoms with Crippen LogP contribution < -0.4 is 0 Å². The Hall–Kier alpha value is -1.13. The van der Waals surface area contributed by atoms with E-state index in [1.165, 1.54) is 0 Å². The number of aliphatic hydroxyl groups is 2. The van der Waals surface area contributed by atoms with E-state index in [1.54, 1.807) is 6.08 Å². The molecule has 0 bridgehead atoms. The molecule has 0 aromatic heterocycles. The first-order chi connectivity index (χ1) is 11.4. The first kappa shape index (κ1) is 22.9. The first-order valence-corrected chi connectivity index (χ1v) is 9.16. The second kappa shape index (κ2) is 13.2. The number of aliphatic hydroxyl groups excluding tert-OH is 1. The minimum Gasteiger partial charge on any atom is -0.464 e. The maximum Gasteiger partial charge on any atom is 0.338 e. The highest BCUT2D eigenvalue weighted by Crippen LogP contribution is 2.22. The zero-order chi connectivity index (χ0) is 18.4. The van der Waals surface area contributed by atoms with Gasteiger partial charge < -0.3 is 14.9 Å². The quantitative estimate of drug-likeness (QED) is 0.283. The molecule has 140 valence electrons. The van der Waals surface area contributed by atoms with E-state index in [0.717, 1.165) is 44.1 Å². The van der Waals surface area contributed by atoms with Crippen molar-refractivity contribution >= 4 is 5.97 Å². The smallest absolute Gasteiger partial charge is 0.338 e. The van der Waals surface area contributed by atoms with Gasteiger partial charge in [-0.2, -0.15) is 0 Å². The lowest BCUT2D eigenvalue weighted by molar-refractivity contribution is -0.166. The third-order valence-electron chi connectivity index (χ3n) is 4.30. The summed E-state index contributed by atoms with van der Waals surface area (Å²) in [7, 11) is 0. The molecule has 0 aliphatic rings. The predicted octanol–water partition coefficient (Wildman–Crippen LogP) is 4.16. The molecule has 2 N–H and O–H groups in total. The lowest BCUT2D eigenvalue weighted by atomic mass is 9.92. The topological polar surface area (TPSA) is 66.8 Å². The van der Waals surface area contributed by atoms with E-state index < -0.39 is 11.6 Å². The molecular weight excluding hydrogens is 304 g/mol. The summed E-state index contributed by atoms with van der Waals surface area (Å²) in [6, 6.07) is 0. The summed E-state index contributed by atoms with van der Waals surface area (Å²) >= 11 is 0. The van der Waals surface area contributed by atoms with Crippen molar-refractivity contribution in [2.45, 2.75) is 77.7 Å². The highest BCUT2D eigenvalue weighted by molar-refractivity contribution is 5.79. The fraction of sp³-hybridized carbons (Fsp3) is 0.750. The summed E-state index contributed by atoms with van der Waals surface area (Å²) in [5.74, 6) is -0.102. The normalized spacial score (nSPS) is 15.6. The highest BCUT2D eigenvalue weighted by Gasteiger charge is 2.35.